The van der Waals surface area contributed by atoms with Gasteiger partial charge >= 0.3 is 0 Å². The van der Waals surface area contributed by atoms with Crippen molar-refractivity contribution < 1.29 is 9.13 Å². The molecule has 2 aromatic carbocycles. The Labute approximate surface area is 181 Å². The molecule has 0 aliphatic heterocycles. The van der Waals surface area contributed by atoms with E-state index in [0.29, 0.717) is 18.5 Å². The molecular formula is C23H19FN4O2S. The van der Waals surface area contributed by atoms with Crippen molar-refractivity contribution >= 4 is 32.6 Å². The first kappa shape index (κ1) is 19.4. The third-order valence-corrected chi connectivity index (χ3v) is 6.38. The molecular weight excluding hydrogens is 415 g/mol. The van der Waals surface area contributed by atoms with E-state index in [1.54, 1.807) is 25.4 Å². The molecule has 3 heterocycles. The predicted molar refractivity (Wildman–Crippen MR) is 119 cm³/mol. The molecule has 156 valence electrons. The third-order valence-electron chi connectivity index (χ3n) is 5.30. The van der Waals surface area contributed by atoms with Crippen LogP contribution in [0, 0.1) is 5.82 Å². The fourth-order valence-corrected chi connectivity index (χ4v) is 4.88. The van der Waals surface area contributed by atoms with E-state index in [-0.39, 0.29) is 11.4 Å². The van der Waals surface area contributed by atoms with Crippen LogP contribution in [0.25, 0.3) is 21.3 Å². The minimum absolute atomic E-state index is 0.159. The van der Waals surface area contributed by atoms with Crippen LogP contribution in [0.4, 0.5) is 4.39 Å². The molecule has 0 N–H and O–H groups in total. The monoisotopic (exact) mass is 434 g/mol. The lowest BCUT2D eigenvalue weighted by Crippen LogP contribution is -2.24. The first-order chi connectivity index (χ1) is 15.0. The van der Waals surface area contributed by atoms with Crippen LogP contribution >= 0.6 is 11.3 Å². The maximum absolute atomic E-state index is 13.2. The summed E-state index contributed by atoms with van der Waals surface area (Å²) in [4.78, 5) is 17.9. The topological polar surface area (TPSA) is 61.9 Å². The van der Waals surface area contributed by atoms with E-state index in [9.17, 15) is 9.18 Å². The molecule has 0 saturated heterocycles. The predicted octanol–water partition coefficient (Wildman–Crippen LogP) is 4.13. The summed E-state index contributed by atoms with van der Waals surface area (Å²) >= 11 is 1.54. The SMILES string of the molecule is COc1cccc(Cn2ncc3c4sc(Cc5ccc(F)cc5)nc4n(C)c3c2=O)c1. The van der Waals surface area contributed by atoms with Crippen molar-refractivity contribution in [2.24, 2.45) is 7.05 Å². The fourth-order valence-electron chi connectivity index (χ4n) is 3.74. The average molecular weight is 434 g/mol. The average Bonchev–Trinajstić information content (AvgIpc) is 3.30. The molecule has 3 aromatic heterocycles. The molecule has 0 atom stereocenters. The summed E-state index contributed by atoms with van der Waals surface area (Å²) in [7, 11) is 3.47. The molecule has 5 rings (SSSR count). The summed E-state index contributed by atoms with van der Waals surface area (Å²) < 4.78 is 22.7. The highest BCUT2D eigenvalue weighted by molar-refractivity contribution is 7.19. The molecule has 31 heavy (non-hydrogen) atoms. The van der Waals surface area contributed by atoms with Gasteiger partial charge in [0.2, 0.25) is 0 Å². The van der Waals surface area contributed by atoms with Crippen LogP contribution < -0.4 is 10.3 Å². The number of ether oxygens (including phenoxy) is 1. The van der Waals surface area contributed by atoms with Crippen LogP contribution in [0.5, 0.6) is 5.75 Å². The van der Waals surface area contributed by atoms with Gasteiger partial charge in [0, 0.05) is 18.9 Å². The third kappa shape index (κ3) is 3.48. The lowest BCUT2D eigenvalue weighted by Gasteiger charge is -2.07. The molecule has 0 bridgehead atoms. The van der Waals surface area contributed by atoms with E-state index in [2.05, 4.69) is 5.10 Å². The molecule has 0 spiro atoms. The number of hydrogen-bond donors (Lipinski definition) is 0. The normalized spacial score (nSPS) is 11.5. The zero-order valence-corrected chi connectivity index (χ0v) is 17.8. The van der Waals surface area contributed by atoms with Gasteiger partial charge in [-0.05, 0) is 35.4 Å². The van der Waals surface area contributed by atoms with Gasteiger partial charge in [-0.3, -0.25) is 4.79 Å². The Balaban J connectivity index is 1.53. The quantitative estimate of drug-likeness (QED) is 0.417. The highest BCUT2D eigenvalue weighted by Gasteiger charge is 2.18. The van der Waals surface area contributed by atoms with Crippen molar-refractivity contribution in [3.63, 3.8) is 0 Å². The summed E-state index contributed by atoms with van der Waals surface area (Å²) in [5.74, 6) is 0.485. The van der Waals surface area contributed by atoms with Gasteiger partial charge in [0.25, 0.3) is 5.56 Å². The van der Waals surface area contributed by atoms with Gasteiger partial charge in [-0.1, -0.05) is 24.3 Å². The zero-order valence-electron chi connectivity index (χ0n) is 17.0. The van der Waals surface area contributed by atoms with Gasteiger partial charge in [0.15, 0.2) is 5.65 Å². The van der Waals surface area contributed by atoms with Gasteiger partial charge in [-0.25, -0.2) is 14.1 Å². The van der Waals surface area contributed by atoms with Crippen LogP contribution in [-0.2, 0) is 20.0 Å². The van der Waals surface area contributed by atoms with Crippen molar-refractivity contribution in [2.45, 2.75) is 13.0 Å². The van der Waals surface area contributed by atoms with Gasteiger partial charge in [-0.15, -0.1) is 11.3 Å². The van der Waals surface area contributed by atoms with Crippen molar-refractivity contribution in [3.05, 3.63) is 87.0 Å². The molecule has 0 radical (unpaired) electrons. The number of aryl methyl sites for hydroxylation is 1. The van der Waals surface area contributed by atoms with Gasteiger partial charge in [0.1, 0.15) is 22.1 Å². The summed E-state index contributed by atoms with van der Waals surface area (Å²) in [6, 6.07) is 14.0. The Morgan fingerprint density at radius 3 is 2.71 bits per heavy atom. The molecule has 0 aliphatic rings. The number of rotatable bonds is 5. The second-order valence-corrected chi connectivity index (χ2v) is 8.43. The minimum atomic E-state index is -0.254. The Kier molecular flexibility index (Phi) is 4.78. The Bertz CT molecular complexity index is 1470. The van der Waals surface area contributed by atoms with Crippen molar-refractivity contribution in [3.8, 4) is 5.75 Å². The number of nitrogens with zero attached hydrogens (tertiary/aromatic N) is 4. The maximum Gasteiger partial charge on any atom is 0.291 e. The Hall–Kier alpha value is -3.52. The number of methoxy groups -OCH3 is 1. The van der Waals surface area contributed by atoms with E-state index in [1.165, 1.54) is 28.2 Å². The second kappa shape index (κ2) is 7.63. The van der Waals surface area contributed by atoms with E-state index in [1.807, 2.05) is 35.9 Å². The van der Waals surface area contributed by atoms with Crippen LogP contribution in [0.1, 0.15) is 16.1 Å². The summed E-state index contributed by atoms with van der Waals surface area (Å²) in [6.07, 6.45) is 2.35. The number of hydrogen-bond acceptors (Lipinski definition) is 5. The first-order valence-electron chi connectivity index (χ1n) is 9.75. The van der Waals surface area contributed by atoms with Crippen molar-refractivity contribution in [1.82, 2.24) is 19.3 Å². The summed E-state index contributed by atoms with van der Waals surface area (Å²) in [6.45, 7) is 0.355. The minimum Gasteiger partial charge on any atom is -0.497 e. The molecule has 0 unspecified atom stereocenters. The second-order valence-electron chi connectivity index (χ2n) is 7.34. The van der Waals surface area contributed by atoms with Gasteiger partial charge < -0.3 is 9.30 Å². The van der Waals surface area contributed by atoms with Crippen molar-refractivity contribution in [1.29, 1.82) is 0 Å². The van der Waals surface area contributed by atoms with Crippen LogP contribution in [0.2, 0.25) is 0 Å². The first-order valence-corrected chi connectivity index (χ1v) is 10.6. The van der Waals surface area contributed by atoms with E-state index < -0.39 is 0 Å². The number of benzene rings is 2. The molecule has 6 nitrogen and oxygen atoms in total. The maximum atomic E-state index is 13.2. The van der Waals surface area contributed by atoms with E-state index in [4.69, 9.17) is 9.72 Å². The van der Waals surface area contributed by atoms with Gasteiger partial charge in [0.05, 0.1) is 24.6 Å². The fraction of sp³-hybridized carbons (Fsp3) is 0.174. The van der Waals surface area contributed by atoms with E-state index >= 15 is 0 Å². The van der Waals surface area contributed by atoms with Crippen LogP contribution in [0.15, 0.2) is 59.5 Å². The largest absolute Gasteiger partial charge is 0.497 e. The number of fused-ring (bicyclic) bond motifs is 3. The lowest BCUT2D eigenvalue weighted by atomic mass is 10.2. The number of halogens is 1. The van der Waals surface area contributed by atoms with Crippen molar-refractivity contribution in [2.75, 3.05) is 7.11 Å². The molecule has 8 heteroatoms. The molecule has 0 aliphatic carbocycles. The highest BCUT2D eigenvalue weighted by atomic mass is 32.1. The zero-order chi connectivity index (χ0) is 21.5. The summed E-state index contributed by atoms with van der Waals surface area (Å²) in [5, 5.41) is 6.12. The lowest BCUT2D eigenvalue weighted by molar-refractivity contribution is 0.414. The molecule has 0 amide bonds. The Morgan fingerprint density at radius 2 is 1.94 bits per heavy atom. The standard InChI is InChI=1S/C23H19FN4O2S/c1-27-20-18(12-25-28(23(20)29)13-15-4-3-5-17(10-15)30-2)21-22(27)26-19(31-21)11-14-6-8-16(24)9-7-14/h3-10,12H,11,13H2,1-2H3. The van der Waals surface area contributed by atoms with Crippen LogP contribution in [0.3, 0.4) is 0 Å². The van der Waals surface area contributed by atoms with E-state index in [0.717, 1.165) is 37.6 Å². The molecule has 0 saturated carbocycles. The molecule has 5 aromatic rings. The highest BCUT2D eigenvalue weighted by Crippen LogP contribution is 2.31. The van der Waals surface area contributed by atoms with Gasteiger partial charge in [-0.2, -0.15) is 5.10 Å². The van der Waals surface area contributed by atoms with Crippen LogP contribution in [-0.4, -0.2) is 26.4 Å². The molecule has 0 fully saturated rings. The summed E-state index contributed by atoms with van der Waals surface area (Å²) in [5.41, 5.74) is 3.11. The number of aromatic nitrogens is 4. The Morgan fingerprint density at radius 1 is 1.13 bits per heavy atom. The number of thiazole rings is 1. The smallest absolute Gasteiger partial charge is 0.291 e.